The zero-order valence-electron chi connectivity index (χ0n) is 22.6. The predicted molar refractivity (Wildman–Crippen MR) is 140 cm³/mol. The molecule has 1 aromatic carbocycles. The van der Waals surface area contributed by atoms with Crippen LogP contribution in [0.4, 0.5) is 0 Å². The molecule has 0 amide bonds. The zero-order chi connectivity index (χ0) is 26.9. The van der Waals surface area contributed by atoms with Gasteiger partial charge < -0.3 is 18.6 Å². The van der Waals surface area contributed by atoms with Crippen molar-refractivity contribution in [2.45, 2.75) is 95.9 Å². The van der Waals surface area contributed by atoms with E-state index >= 15 is 0 Å². The fourth-order valence-electron chi connectivity index (χ4n) is 5.48. The number of azide groups is 1. The molecule has 1 saturated heterocycles. The number of Topliss-reactive ketones (excluding diaryl/α,β-unsaturated/α-hetero) is 1. The van der Waals surface area contributed by atoms with Gasteiger partial charge in [-0.3, -0.25) is 9.59 Å². The van der Waals surface area contributed by atoms with E-state index in [1.807, 2.05) is 30.3 Å². The number of rotatable bonds is 13. The SMILES string of the molecule is CC(=O)OC[C@]1(COCc2ccccc2)CC(=O)[C@@H](N=[N+]=[N-])[C@H](CO[Si](C(C)C)(C(C)C)C(C)C)O1. The standard InChI is InChI=1S/C26H41N3O6Si/c1-18(2)36(19(3)4,20(5)6)34-15-24-25(28-29-27)23(31)13-26(35-24,17-33-21(7)30)16-32-14-22-11-9-8-10-12-22/h8-12,18-20,24-25H,13-17H2,1-7H3/t24-,25+,26+/m0/s1. The summed E-state index contributed by atoms with van der Waals surface area (Å²) in [5.74, 6) is -0.765. The smallest absolute Gasteiger partial charge is 0.302 e. The van der Waals surface area contributed by atoms with Crippen LogP contribution in [0.25, 0.3) is 10.4 Å². The Balaban J connectivity index is 2.32. The summed E-state index contributed by atoms with van der Waals surface area (Å²) in [6, 6.07) is 8.61. The maximum Gasteiger partial charge on any atom is 0.302 e. The number of nitrogens with zero attached hydrogens (tertiary/aromatic N) is 3. The molecule has 200 valence electrons. The van der Waals surface area contributed by atoms with Crippen LogP contribution in [0.5, 0.6) is 0 Å². The number of hydrogen-bond acceptors (Lipinski definition) is 7. The van der Waals surface area contributed by atoms with Crippen LogP contribution in [0.1, 0.15) is 60.5 Å². The summed E-state index contributed by atoms with van der Waals surface area (Å²) >= 11 is 0. The van der Waals surface area contributed by atoms with Gasteiger partial charge in [-0.05, 0) is 27.7 Å². The fourth-order valence-corrected chi connectivity index (χ4v) is 10.9. The van der Waals surface area contributed by atoms with Crippen LogP contribution in [0, 0.1) is 0 Å². The third kappa shape index (κ3) is 7.40. The number of ether oxygens (including phenoxy) is 3. The monoisotopic (exact) mass is 519 g/mol. The van der Waals surface area contributed by atoms with Crippen LogP contribution < -0.4 is 0 Å². The van der Waals surface area contributed by atoms with Gasteiger partial charge in [-0.15, -0.1) is 0 Å². The summed E-state index contributed by atoms with van der Waals surface area (Å²) in [5, 5.41) is 3.76. The second-order valence-corrected chi connectivity index (χ2v) is 16.0. The topological polar surface area (TPSA) is 120 Å². The summed E-state index contributed by atoms with van der Waals surface area (Å²) in [6.07, 6.45) is -0.919. The van der Waals surface area contributed by atoms with E-state index in [9.17, 15) is 9.59 Å². The van der Waals surface area contributed by atoms with Gasteiger partial charge in [-0.2, -0.15) is 0 Å². The number of esters is 1. The molecular formula is C26H41N3O6Si. The van der Waals surface area contributed by atoms with Gasteiger partial charge in [0, 0.05) is 18.3 Å². The second kappa shape index (κ2) is 13.4. The maximum atomic E-state index is 13.2. The van der Waals surface area contributed by atoms with Crippen molar-refractivity contribution < 1.29 is 28.2 Å². The first kappa shape index (κ1) is 30.0. The van der Waals surface area contributed by atoms with Crippen molar-refractivity contribution in [3.8, 4) is 0 Å². The number of ketones is 1. The van der Waals surface area contributed by atoms with E-state index in [-0.39, 0.29) is 32.0 Å². The molecule has 36 heavy (non-hydrogen) atoms. The van der Waals surface area contributed by atoms with E-state index in [2.05, 4.69) is 51.6 Å². The first-order chi connectivity index (χ1) is 17.0. The molecule has 10 heteroatoms. The third-order valence-corrected chi connectivity index (χ3v) is 13.1. The second-order valence-electron chi connectivity index (χ2n) is 10.5. The average molecular weight is 520 g/mol. The largest absolute Gasteiger partial charge is 0.463 e. The van der Waals surface area contributed by atoms with E-state index in [1.54, 1.807) is 0 Å². The number of benzene rings is 1. The molecule has 0 aromatic heterocycles. The Hall–Kier alpha value is -2.23. The van der Waals surface area contributed by atoms with Gasteiger partial charge in [-0.1, -0.05) is 77.0 Å². The van der Waals surface area contributed by atoms with Gasteiger partial charge in [0.05, 0.1) is 25.9 Å². The summed E-state index contributed by atoms with van der Waals surface area (Å²) in [7, 11) is -2.28. The lowest BCUT2D eigenvalue weighted by atomic mass is 9.89. The summed E-state index contributed by atoms with van der Waals surface area (Å²) in [5.41, 5.74) is 9.89. The van der Waals surface area contributed by atoms with Gasteiger partial charge in [0.1, 0.15) is 24.0 Å². The highest BCUT2D eigenvalue weighted by atomic mass is 28.4. The van der Waals surface area contributed by atoms with Gasteiger partial charge in [-0.25, -0.2) is 0 Å². The molecule has 1 heterocycles. The highest BCUT2D eigenvalue weighted by Gasteiger charge is 2.50. The molecule has 1 aliphatic rings. The van der Waals surface area contributed by atoms with Gasteiger partial charge in [0.2, 0.25) is 0 Å². The Labute approximate surface area is 215 Å². The summed E-state index contributed by atoms with van der Waals surface area (Å²) < 4.78 is 24.4. The van der Waals surface area contributed by atoms with Crippen LogP contribution >= 0.6 is 0 Å². The van der Waals surface area contributed by atoms with Crippen LogP contribution in [-0.4, -0.2) is 57.6 Å². The molecule has 0 N–H and O–H groups in total. The van der Waals surface area contributed by atoms with Crippen molar-refractivity contribution in [3.63, 3.8) is 0 Å². The highest BCUT2D eigenvalue weighted by Crippen LogP contribution is 2.43. The number of carbonyl (C=O) groups is 2. The van der Waals surface area contributed by atoms with Crippen molar-refractivity contribution in [3.05, 3.63) is 46.3 Å². The van der Waals surface area contributed by atoms with E-state index < -0.39 is 32.0 Å². The molecule has 0 bridgehead atoms. The van der Waals surface area contributed by atoms with Crippen molar-refractivity contribution in [1.29, 1.82) is 0 Å². The Morgan fingerprint density at radius 2 is 1.75 bits per heavy atom. The van der Waals surface area contributed by atoms with Crippen molar-refractivity contribution in [2.75, 3.05) is 19.8 Å². The molecule has 1 aromatic rings. The van der Waals surface area contributed by atoms with Crippen LogP contribution in [-0.2, 0) is 34.8 Å². The minimum Gasteiger partial charge on any atom is -0.463 e. The van der Waals surface area contributed by atoms with E-state index in [4.69, 9.17) is 24.2 Å². The average Bonchev–Trinajstić information content (AvgIpc) is 2.80. The molecule has 1 aliphatic heterocycles. The first-order valence-electron chi connectivity index (χ1n) is 12.6. The normalized spacial score (nSPS) is 22.7. The lowest BCUT2D eigenvalue weighted by Crippen LogP contribution is -2.59. The Morgan fingerprint density at radius 3 is 2.28 bits per heavy atom. The fraction of sp³-hybridized carbons (Fsp3) is 0.692. The van der Waals surface area contributed by atoms with Gasteiger partial charge in [0.25, 0.3) is 0 Å². The van der Waals surface area contributed by atoms with E-state index in [0.717, 1.165) is 5.56 Å². The minimum atomic E-state index is -2.28. The predicted octanol–water partition coefficient (Wildman–Crippen LogP) is 5.73. The molecule has 2 rings (SSSR count). The lowest BCUT2D eigenvalue weighted by molar-refractivity contribution is -0.202. The molecule has 0 saturated carbocycles. The zero-order valence-corrected chi connectivity index (χ0v) is 23.6. The summed E-state index contributed by atoms with van der Waals surface area (Å²) in [4.78, 5) is 27.8. The molecule has 9 nitrogen and oxygen atoms in total. The molecule has 0 aliphatic carbocycles. The Kier molecular flexibility index (Phi) is 11.1. The van der Waals surface area contributed by atoms with E-state index in [1.165, 1.54) is 6.92 Å². The molecular weight excluding hydrogens is 478 g/mol. The quantitative estimate of drug-likeness (QED) is 0.108. The Bertz CT molecular complexity index is 898. The maximum absolute atomic E-state index is 13.2. The molecule has 0 radical (unpaired) electrons. The van der Waals surface area contributed by atoms with Crippen molar-refractivity contribution in [1.82, 2.24) is 0 Å². The van der Waals surface area contributed by atoms with Gasteiger partial charge in [0.15, 0.2) is 8.32 Å². The molecule has 0 unspecified atom stereocenters. The van der Waals surface area contributed by atoms with Crippen LogP contribution in [0.15, 0.2) is 35.4 Å². The van der Waals surface area contributed by atoms with E-state index in [0.29, 0.717) is 23.2 Å². The molecule has 0 spiro atoms. The van der Waals surface area contributed by atoms with Crippen molar-refractivity contribution in [2.24, 2.45) is 5.11 Å². The lowest BCUT2D eigenvalue weighted by Gasteiger charge is -2.46. The first-order valence-corrected chi connectivity index (χ1v) is 14.7. The third-order valence-electron chi connectivity index (χ3n) is 6.98. The molecule has 1 fully saturated rings. The van der Waals surface area contributed by atoms with Crippen molar-refractivity contribution >= 4 is 20.1 Å². The van der Waals surface area contributed by atoms with Gasteiger partial charge >= 0.3 is 5.97 Å². The van der Waals surface area contributed by atoms with Crippen LogP contribution in [0.2, 0.25) is 16.6 Å². The van der Waals surface area contributed by atoms with Crippen LogP contribution in [0.3, 0.4) is 0 Å². The number of hydrogen-bond donors (Lipinski definition) is 0. The number of carbonyl (C=O) groups excluding carboxylic acids is 2. The molecule has 3 atom stereocenters. The summed E-state index contributed by atoms with van der Waals surface area (Å²) in [6.45, 7) is 14.6. The minimum absolute atomic E-state index is 0.0293. The Morgan fingerprint density at radius 1 is 1.14 bits per heavy atom. The highest BCUT2D eigenvalue weighted by molar-refractivity contribution is 6.77.